The summed E-state index contributed by atoms with van der Waals surface area (Å²) in [5.41, 5.74) is 1.04. The molecule has 2 aromatic rings. The molecule has 0 atom stereocenters. The summed E-state index contributed by atoms with van der Waals surface area (Å²) in [7, 11) is 1.77. The average Bonchev–Trinajstić information content (AvgIpc) is 3.35. The summed E-state index contributed by atoms with van der Waals surface area (Å²) in [6.07, 6.45) is 6.02. The summed E-state index contributed by atoms with van der Waals surface area (Å²) in [5.74, 6) is 3.65. The van der Waals surface area contributed by atoms with Gasteiger partial charge in [0.25, 0.3) is 0 Å². The summed E-state index contributed by atoms with van der Waals surface area (Å²) in [5, 5.41) is 20.5. The standard InChI is InChI=1S/C21H37N7OS.HI/c1-7-16(8-2)18-12-17(29-27-18)13-24-20(22-5)23-11-9-10-19-25-26-21(30-6)28(19)14-15(3)4;/h12,15-16H,7-11,13-14H2,1-6H3,(H2,22,23,24);1H. The largest absolute Gasteiger partial charge is 0.359 e. The SMILES string of the molecule is CCC(CC)c1cc(CNC(=NC)NCCCc2nnc(SC)n2CC(C)C)on1.I. The van der Waals surface area contributed by atoms with Gasteiger partial charge in [-0.1, -0.05) is 44.6 Å². The van der Waals surface area contributed by atoms with Gasteiger partial charge in [0.05, 0.1) is 12.2 Å². The second kappa shape index (κ2) is 14.7. The Kier molecular flexibility index (Phi) is 13.2. The first kappa shape index (κ1) is 27.7. The first-order valence-electron chi connectivity index (χ1n) is 10.9. The summed E-state index contributed by atoms with van der Waals surface area (Å²) in [6, 6.07) is 2.04. The van der Waals surface area contributed by atoms with E-state index in [2.05, 4.69) is 63.2 Å². The maximum absolute atomic E-state index is 5.47. The Morgan fingerprint density at radius 2 is 1.97 bits per heavy atom. The zero-order valence-electron chi connectivity index (χ0n) is 19.6. The van der Waals surface area contributed by atoms with Gasteiger partial charge in [-0.2, -0.15) is 0 Å². The van der Waals surface area contributed by atoms with Crippen LogP contribution in [-0.2, 0) is 19.5 Å². The van der Waals surface area contributed by atoms with Crippen molar-refractivity contribution < 1.29 is 4.52 Å². The highest BCUT2D eigenvalue weighted by Crippen LogP contribution is 2.22. The first-order chi connectivity index (χ1) is 14.5. The summed E-state index contributed by atoms with van der Waals surface area (Å²) in [4.78, 5) is 4.29. The van der Waals surface area contributed by atoms with Gasteiger partial charge in [-0.3, -0.25) is 4.99 Å². The molecule has 0 aliphatic rings. The predicted molar refractivity (Wildman–Crippen MR) is 138 cm³/mol. The Morgan fingerprint density at radius 1 is 1.23 bits per heavy atom. The molecule has 176 valence electrons. The predicted octanol–water partition coefficient (Wildman–Crippen LogP) is 4.46. The molecule has 8 nitrogen and oxygen atoms in total. The van der Waals surface area contributed by atoms with E-state index < -0.39 is 0 Å². The summed E-state index contributed by atoms with van der Waals surface area (Å²) in [6.45, 7) is 11.1. The monoisotopic (exact) mass is 563 g/mol. The van der Waals surface area contributed by atoms with Gasteiger partial charge in [0, 0.05) is 38.5 Å². The molecular weight excluding hydrogens is 525 g/mol. The van der Waals surface area contributed by atoms with E-state index in [0.29, 0.717) is 18.4 Å². The maximum Gasteiger partial charge on any atom is 0.191 e. The lowest BCUT2D eigenvalue weighted by Gasteiger charge is -2.13. The van der Waals surface area contributed by atoms with Crippen molar-refractivity contribution in [2.45, 2.75) is 77.5 Å². The van der Waals surface area contributed by atoms with Crippen molar-refractivity contribution in [1.29, 1.82) is 0 Å². The smallest absolute Gasteiger partial charge is 0.191 e. The van der Waals surface area contributed by atoms with Crippen LogP contribution < -0.4 is 10.6 Å². The molecule has 2 aromatic heterocycles. The number of nitrogens with zero attached hydrogens (tertiary/aromatic N) is 5. The van der Waals surface area contributed by atoms with E-state index in [4.69, 9.17) is 4.52 Å². The Balaban J connectivity index is 0.00000480. The fraction of sp³-hybridized carbons (Fsp3) is 0.714. The number of aromatic nitrogens is 4. The number of rotatable bonds is 12. The average molecular weight is 564 g/mol. The van der Waals surface area contributed by atoms with Gasteiger partial charge in [0.15, 0.2) is 16.9 Å². The molecule has 0 bridgehead atoms. The van der Waals surface area contributed by atoms with Crippen molar-refractivity contribution in [3.05, 3.63) is 23.3 Å². The third kappa shape index (κ3) is 8.63. The molecule has 0 aliphatic heterocycles. The van der Waals surface area contributed by atoms with E-state index in [1.54, 1.807) is 18.8 Å². The van der Waals surface area contributed by atoms with E-state index >= 15 is 0 Å². The van der Waals surface area contributed by atoms with Crippen molar-refractivity contribution >= 4 is 41.7 Å². The highest BCUT2D eigenvalue weighted by Gasteiger charge is 2.14. The van der Waals surface area contributed by atoms with Gasteiger partial charge in [-0.25, -0.2) is 0 Å². The van der Waals surface area contributed by atoms with Gasteiger partial charge in [0.1, 0.15) is 5.82 Å². The van der Waals surface area contributed by atoms with Gasteiger partial charge < -0.3 is 19.7 Å². The van der Waals surface area contributed by atoms with Crippen LogP contribution in [0, 0.1) is 5.92 Å². The van der Waals surface area contributed by atoms with Crippen LogP contribution in [0.1, 0.15) is 70.2 Å². The Morgan fingerprint density at radius 3 is 2.58 bits per heavy atom. The Bertz CT molecular complexity index is 787. The summed E-state index contributed by atoms with van der Waals surface area (Å²) < 4.78 is 7.71. The minimum atomic E-state index is 0. The van der Waals surface area contributed by atoms with Crippen LogP contribution in [-0.4, -0.2) is 45.7 Å². The minimum absolute atomic E-state index is 0. The Labute approximate surface area is 207 Å². The van der Waals surface area contributed by atoms with Crippen LogP contribution in [0.4, 0.5) is 0 Å². The molecule has 2 rings (SSSR count). The third-order valence-electron chi connectivity index (χ3n) is 5.03. The molecule has 0 aromatic carbocycles. The number of hydrogen-bond acceptors (Lipinski definition) is 6. The third-order valence-corrected chi connectivity index (χ3v) is 5.70. The molecule has 0 unspecified atom stereocenters. The van der Waals surface area contributed by atoms with Crippen molar-refractivity contribution in [2.75, 3.05) is 19.8 Å². The van der Waals surface area contributed by atoms with Crippen LogP contribution in [0.3, 0.4) is 0 Å². The van der Waals surface area contributed by atoms with Crippen molar-refractivity contribution in [3.63, 3.8) is 0 Å². The Hall–Kier alpha value is -1.30. The van der Waals surface area contributed by atoms with Crippen molar-refractivity contribution in [1.82, 2.24) is 30.6 Å². The van der Waals surface area contributed by atoms with E-state index in [1.165, 1.54) is 0 Å². The lowest BCUT2D eigenvalue weighted by Crippen LogP contribution is -2.37. The fourth-order valence-corrected chi connectivity index (χ4v) is 3.88. The van der Waals surface area contributed by atoms with E-state index in [1.807, 2.05) is 12.3 Å². The topological polar surface area (TPSA) is 93.2 Å². The highest BCUT2D eigenvalue weighted by atomic mass is 127. The van der Waals surface area contributed by atoms with Crippen LogP contribution >= 0.6 is 35.7 Å². The lowest BCUT2D eigenvalue weighted by molar-refractivity contribution is 0.368. The minimum Gasteiger partial charge on any atom is -0.359 e. The number of hydrogen-bond donors (Lipinski definition) is 2. The molecule has 10 heteroatoms. The number of thioether (sulfide) groups is 1. The number of aliphatic imine (C=N–C) groups is 1. The van der Waals surface area contributed by atoms with E-state index in [9.17, 15) is 0 Å². The van der Waals surface area contributed by atoms with Crippen LogP contribution in [0.15, 0.2) is 20.7 Å². The molecule has 0 saturated carbocycles. The van der Waals surface area contributed by atoms with E-state index in [0.717, 1.165) is 67.2 Å². The second-order valence-corrected chi connectivity index (χ2v) is 8.57. The zero-order chi connectivity index (χ0) is 21.9. The number of aryl methyl sites for hydroxylation is 1. The van der Waals surface area contributed by atoms with Gasteiger partial charge >= 0.3 is 0 Å². The van der Waals surface area contributed by atoms with Gasteiger partial charge in [-0.15, -0.1) is 34.2 Å². The van der Waals surface area contributed by atoms with Crippen LogP contribution in [0.5, 0.6) is 0 Å². The van der Waals surface area contributed by atoms with Crippen LogP contribution in [0.25, 0.3) is 0 Å². The normalized spacial score (nSPS) is 11.8. The second-order valence-electron chi connectivity index (χ2n) is 7.79. The molecule has 31 heavy (non-hydrogen) atoms. The number of nitrogens with one attached hydrogen (secondary N) is 2. The van der Waals surface area contributed by atoms with Crippen LogP contribution in [0.2, 0.25) is 0 Å². The quantitative estimate of drug-likeness (QED) is 0.130. The molecule has 0 radical (unpaired) electrons. The van der Waals surface area contributed by atoms with Gasteiger partial charge in [0.2, 0.25) is 0 Å². The maximum atomic E-state index is 5.47. The lowest BCUT2D eigenvalue weighted by atomic mass is 9.99. The molecule has 2 heterocycles. The molecule has 0 fully saturated rings. The highest BCUT2D eigenvalue weighted by molar-refractivity contribution is 14.0. The van der Waals surface area contributed by atoms with Crippen molar-refractivity contribution in [3.8, 4) is 0 Å². The number of guanidine groups is 1. The molecule has 0 spiro atoms. The molecular formula is C21H38IN7OS. The molecule has 0 aliphatic carbocycles. The number of halogens is 1. The molecule has 0 amide bonds. The van der Waals surface area contributed by atoms with Crippen molar-refractivity contribution in [2.24, 2.45) is 10.9 Å². The van der Waals surface area contributed by atoms with E-state index in [-0.39, 0.29) is 24.0 Å². The van der Waals surface area contributed by atoms with Gasteiger partial charge in [-0.05, 0) is 31.4 Å². The first-order valence-corrected chi connectivity index (χ1v) is 12.1. The summed E-state index contributed by atoms with van der Waals surface area (Å²) >= 11 is 1.65. The molecule has 0 saturated heterocycles. The fourth-order valence-electron chi connectivity index (χ4n) is 3.36. The molecule has 2 N–H and O–H groups in total. The zero-order valence-corrected chi connectivity index (χ0v) is 22.8.